The molecule has 2 aliphatic rings. The summed E-state index contributed by atoms with van der Waals surface area (Å²) in [4.78, 5) is 0. The lowest BCUT2D eigenvalue weighted by Gasteiger charge is -2.29. The predicted molar refractivity (Wildman–Crippen MR) is 200 cm³/mol. The van der Waals surface area contributed by atoms with Crippen molar-refractivity contribution in [2.75, 3.05) is 0 Å². The number of aromatic nitrogens is 1. The first-order valence-electron chi connectivity index (χ1n) is 16.5. The first-order chi connectivity index (χ1) is 23.8. The van der Waals surface area contributed by atoms with Gasteiger partial charge in [0, 0.05) is 32.8 Å². The van der Waals surface area contributed by atoms with Crippen LogP contribution < -0.4 is 5.32 Å². The van der Waals surface area contributed by atoms with Crippen LogP contribution in [0, 0.1) is 0 Å². The molecule has 226 valence electrons. The summed E-state index contributed by atoms with van der Waals surface area (Å²) in [5, 5.41) is 8.48. The number of fused-ring (bicyclic) bond motifs is 7. The van der Waals surface area contributed by atoms with Gasteiger partial charge in [0.25, 0.3) is 0 Å². The van der Waals surface area contributed by atoms with Gasteiger partial charge in [-0.3, -0.25) is 0 Å². The summed E-state index contributed by atoms with van der Waals surface area (Å²) in [6.07, 6.45) is 11.0. The Morgan fingerprint density at radius 1 is 0.583 bits per heavy atom. The minimum absolute atomic E-state index is 0.110. The molecule has 8 aromatic rings. The molecule has 3 heterocycles. The fraction of sp³-hybridized carbons (Fsp3) is 0.0222. The number of para-hydroxylation sites is 2. The van der Waals surface area contributed by atoms with Crippen molar-refractivity contribution >= 4 is 55.0 Å². The Morgan fingerprint density at radius 2 is 1.33 bits per heavy atom. The molecule has 3 heteroatoms. The maximum atomic E-state index is 6.86. The monoisotopic (exact) mass is 614 g/mol. The minimum atomic E-state index is 0.110. The standard InChI is InChI=1S/C45H30N2O/c1-3-13-29(14-4-1)32-19-11-23-41-44(32)36-18-8-10-22-40(36)47(41)42-24-12-20-35-34-26-25-31(27-43(34)48-45(35)42)39-28-37(30-15-5-2-6-16-30)33-17-7-9-21-38(33)46-39/h1-28,38,46H. The van der Waals surface area contributed by atoms with Crippen LogP contribution in [0.1, 0.15) is 11.1 Å². The van der Waals surface area contributed by atoms with Crippen LogP contribution in [0.2, 0.25) is 0 Å². The lowest BCUT2D eigenvalue weighted by atomic mass is 9.87. The van der Waals surface area contributed by atoms with Gasteiger partial charge in [-0.15, -0.1) is 0 Å². The molecular formula is C45H30N2O. The van der Waals surface area contributed by atoms with E-state index in [1.807, 2.05) is 0 Å². The summed E-state index contributed by atoms with van der Waals surface area (Å²) in [7, 11) is 0. The highest BCUT2D eigenvalue weighted by Gasteiger charge is 2.24. The number of hydrogen-bond acceptors (Lipinski definition) is 2. The second-order valence-corrected chi connectivity index (χ2v) is 12.5. The summed E-state index contributed by atoms with van der Waals surface area (Å²) >= 11 is 0. The average molecular weight is 615 g/mol. The van der Waals surface area contributed by atoms with Gasteiger partial charge in [0.05, 0.1) is 22.8 Å². The largest absolute Gasteiger partial charge is 0.454 e. The predicted octanol–water partition coefficient (Wildman–Crippen LogP) is 11.2. The molecule has 0 amide bonds. The molecule has 1 atom stereocenters. The quantitative estimate of drug-likeness (QED) is 0.214. The van der Waals surface area contributed by atoms with Crippen LogP contribution in [-0.2, 0) is 0 Å². The van der Waals surface area contributed by atoms with E-state index in [0.29, 0.717) is 0 Å². The van der Waals surface area contributed by atoms with Crippen molar-refractivity contribution in [3.05, 3.63) is 187 Å². The van der Waals surface area contributed by atoms with Gasteiger partial charge in [0.2, 0.25) is 0 Å². The molecule has 0 saturated carbocycles. The highest BCUT2D eigenvalue weighted by atomic mass is 16.3. The molecule has 10 rings (SSSR count). The third-order valence-corrected chi connectivity index (χ3v) is 9.83. The van der Waals surface area contributed by atoms with Gasteiger partial charge >= 0.3 is 0 Å². The van der Waals surface area contributed by atoms with Crippen molar-refractivity contribution < 1.29 is 4.42 Å². The SMILES string of the molecule is C1=CC2=C(c3ccccc3)C=C(c3ccc4c(c3)oc3c(-n5c6ccccc6c6c(-c7ccccc7)cccc65)cccc34)NC2C=C1. The molecule has 1 aliphatic heterocycles. The molecule has 2 aromatic heterocycles. The third-order valence-electron chi connectivity index (χ3n) is 9.83. The first-order valence-corrected chi connectivity index (χ1v) is 16.5. The fourth-order valence-corrected chi connectivity index (χ4v) is 7.66. The van der Waals surface area contributed by atoms with E-state index in [0.717, 1.165) is 49.9 Å². The molecular weight excluding hydrogens is 585 g/mol. The lowest BCUT2D eigenvalue weighted by molar-refractivity contribution is 0.666. The van der Waals surface area contributed by atoms with Crippen molar-refractivity contribution in [1.29, 1.82) is 0 Å². The number of rotatable bonds is 4. The number of benzene rings is 6. The van der Waals surface area contributed by atoms with Crippen LogP contribution in [0.3, 0.4) is 0 Å². The van der Waals surface area contributed by atoms with Gasteiger partial charge in [-0.25, -0.2) is 0 Å². The van der Waals surface area contributed by atoms with Gasteiger partial charge < -0.3 is 14.3 Å². The normalized spacial score (nSPS) is 15.8. The Morgan fingerprint density at radius 3 is 2.21 bits per heavy atom. The van der Waals surface area contributed by atoms with Gasteiger partial charge in [-0.05, 0) is 64.2 Å². The Balaban J connectivity index is 1.16. The zero-order valence-corrected chi connectivity index (χ0v) is 26.1. The van der Waals surface area contributed by atoms with Gasteiger partial charge in [0.1, 0.15) is 5.58 Å². The van der Waals surface area contributed by atoms with Crippen molar-refractivity contribution in [2.24, 2.45) is 0 Å². The molecule has 0 fully saturated rings. The Labute approximate surface area is 278 Å². The third kappa shape index (κ3) is 4.08. The van der Waals surface area contributed by atoms with E-state index in [9.17, 15) is 0 Å². The molecule has 0 radical (unpaired) electrons. The lowest BCUT2D eigenvalue weighted by Crippen LogP contribution is -2.31. The van der Waals surface area contributed by atoms with E-state index < -0.39 is 0 Å². The van der Waals surface area contributed by atoms with Gasteiger partial charge in [-0.2, -0.15) is 0 Å². The summed E-state index contributed by atoms with van der Waals surface area (Å²) in [6.45, 7) is 0. The number of nitrogens with one attached hydrogen (secondary N) is 1. The molecule has 0 spiro atoms. The zero-order valence-electron chi connectivity index (χ0n) is 26.1. The molecule has 48 heavy (non-hydrogen) atoms. The maximum absolute atomic E-state index is 6.86. The number of allylic oxidation sites excluding steroid dienone is 4. The second kappa shape index (κ2) is 10.6. The summed E-state index contributed by atoms with van der Waals surface area (Å²) < 4.78 is 9.23. The molecule has 0 bridgehead atoms. The maximum Gasteiger partial charge on any atom is 0.159 e. The van der Waals surface area contributed by atoms with Crippen LogP contribution >= 0.6 is 0 Å². The number of furan rings is 1. The van der Waals surface area contributed by atoms with E-state index >= 15 is 0 Å². The molecule has 1 aliphatic carbocycles. The number of dihydropyridines is 1. The molecule has 6 aromatic carbocycles. The van der Waals surface area contributed by atoms with Crippen LogP contribution in [0.5, 0.6) is 0 Å². The van der Waals surface area contributed by atoms with E-state index in [4.69, 9.17) is 4.42 Å². The van der Waals surface area contributed by atoms with Crippen LogP contribution in [0.25, 0.3) is 71.8 Å². The summed E-state index contributed by atoms with van der Waals surface area (Å²) in [5.74, 6) is 0. The smallest absolute Gasteiger partial charge is 0.159 e. The van der Waals surface area contributed by atoms with Crippen molar-refractivity contribution in [3.8, 4) is 16.8 Å². The Hall–Kier alpha value is -6.32. The Kier molecular flexibility index (Phi) is 5.94. The van der Waals surface area contributed by atoms with Crippen LogP contribution in [0.15, 0.2) is 180 Å². The van der Waals surface area contributed by atoms with E-state index in [1.54, 1.807) is 0 Å². The van der Waals surface area contributed by atoms with Gasteiger partial charge in [0.15, 0.2) is 5.58 Å². The van der Waals surface area contributed by atoms with Crippen molar-refractivity contribution in [3.63, 3.8) is 0 Å². The van der Waals surface area contributed by atoms with Crippen LogP contribution in [-0.4, -0.2) is 10.6 Å². The highest BCUT2D eigenvalue weighted by molar-refractivity contribution is 6.17. The highest BCUT2D eigenvalue weighted by Crippen LogP contribution is 2.42. The van der Waals surface area contributed by atoms with Gasteiger partial charge in [-0.1, -0.05) is 133 Å². The zero-order chi connectivity index (χ0) is 31.6. The molecule has 3 nitrogen and oxygen atoms in total. The molecule has 1 unspecified atom stereocenters. The van der Waals surface area contributed by atoms with E-state index in [2.05, 4.69) is 180 Å². The van der Waals surface area contributed by atoms with Crippen molar-refractivity contribution in [2.45, 2.75) is 6.04 Å². The summed E-state index contributed by atoms with van der Waals surface area (Å²) in [5.41, 5.74) is 13.5. The van der Waals surface area contributed by atoms with E-state index in [1.165, 1.54) is 38.6 Å². The minimum Gasteiger partial charge on any atom is -0.454 e. The van der Waals surface area contributed by atoms with Crippen molar-refractivity contribution in [1.82, 2.24) is 9.88 Å². The molecule has 1 N–H and O–H groups in total. The fourth-order valence-electron chi connectivity index (χ4n) is 7.66. The molecule has 0 saturated heterocycles. The van der Waals surface area contributed by atoms with E-state index in [-0.39, 0.29) is 6.04 Å². The number of nitrogens with zero attached hydrogens (tertiary/aromatic N) is 1. The number of hydrogen-bond donors (Lipinski definition) is 1. The first kappa shape index (κ1) is 26.9. The summed E-state index contributed by atoms with van der Waals surface area (Å²) in [6, 6.07) is 49.9. The Bertz CT molecular complexity index is 2680. The second-order valence-electron chi connectivity index (χ2n) is 12.5. The average Bonchev–Trinajstić information content (AvgIpc) is 3.71. The van der Waals surface area contributed by atoms with Crippen LogP contribution in [0.4, 0.5) is 0 Å². The topological polar surface area (TPSA) is 30.1 Å².